The van der Waals surface area contributed by atoms with E-state index in [4.69, 9.17) is 62.7 Å². The van der Waals surface area contributed by atoms with Gasteiger partial charge in [0.25, 0.3) is 5.91 Å². The van der Waals surface area contributed by atoms with Crippen molar-refractivity contribution >= 4 is 85.5 Å². The van der Waals surface area contributed by atoms with Gasteiger partial charge >= 0.3 is 0 Å². The highest BCUT2D eigenvalue weighted by atomic mass is 79.9. The minimum Gasteiger partial charge on any atom is -0.481 e. The molecule has 3 nitrogen and oxygen atoms in total. The first-order valence-electron chi connectivity index (χ1n) is 6.01. The van der Waals surface area contributed by atoms with Crippen molar-refractivity contribution in [3.05, 3.63) is 53.9 Å². The van der Waals surface area contributed by atoms with Gasteiger partial charge in [-0.15, -0.1) is 0 Å². The van der Waals surface area contributed by atoms with Crippen LogP contribution in [0.4, 0.5) is 5.69 Å². The molecule has 2 aromatic carbocycles. The van der Waals surface area contributed by atoms with Crippen LogP contribution in [0.1, 0.15) is 0 Å². The molecule has 0 aliphatic rings. The Bertz CT molecular complexity index is 740. The number of anilines is 1. The maximum Gasteiger partial charge on any atom is 0.262 e. The topological polar surface area (TPSA) is 38.3 Å². The van der Waals surface area contributed by atoms with E-state index < -0.39 is 5.91 Å². The number of amides is 1. The lowest BCUT2D eigenvalue weighted by Crippen LogP contribution is -2.20. The highest BCUT2D eigenvalue weighted by molar-refractivity contribution is 9.10. The van der Waals surface area contributed by atoms with Crippen molar-refractivity contribution in [2.24, 2.45) is 0 Å². The number of nitrogens with one attached hydrogen (secondary N) is 1. The molecule has 122 valence electrons. The van der Waals surface area contributed by atoms with E-state index in [1.807, 2.05) is 6.07 Å². The molecule has 2 rings (SSSR count). The Morgan fingerprint density at radius 1 is 1.00 bits per heavy atom. The molecule has 0 aromatic heterocycles. The lowest BCUT2D eigenvalue weighted by Gasteiger charge is -2.13. The molecule has 0 aliphatic heterocycles. The molecule has 0 atom stereocenters. The predicted octanol–water partition coefficient (Wildman–Crippen LogP) is 6.73. The summed E-state index contributed by atoms with van der Waals surface area (Å²) in [7, 11) is 0. The van der Waals surface area contributed by atoms with Gasteiger partial charge in [0.05, 0.1) is 15.1 Å². The van der Waals surface area contributed by atoms with Crippen LogP contribution in [0.2, 0.25) is 25.1 Å². The first-order valence-corrected chi connectivity index (χ1v) is 8.69. The summed E-state index contributed by atoms with van der Waals surface area (Å²) in [6, 6.07) is 7.10. The van der Waals surface area contributed by atoms with E-state index in [9.17, 15) is 4.79 Å². The van der Waals surface area contributed by atoms with Crippen molar-refractivity contribution in [2.45, 2.75) is 0 Å². The summed E-state index contributed by atoms with van der Waals surface area (Å²) in [4.78, 5) is 11.9. The zero-order chi connectivity index (χ0) is 17.1. The highest BCUT2D eigenvalue weighted by Gasteiger charge is 2.21. The van der Waals surface area contributed by atoms with E-state index >= 15 is 0 Å². The molecule has 0 fully saturated rings. The van der Waals surface area contributed by atoms with Gasteiger partial charge in [0.1, 0.15) is 10.0 Å². The third-order valence-electron chi connectivity index (χ3n) is 2.63. The normalized spacial score (nSPS) is 10.5. The molecule has 9 heteroatoms. The summed E-state index contributed by atoms with van der Waals surface area (Å²) in [5.74, 6) is -0.408. The van der Waals surface area contributed by atoms with Gasteiger partial charge in [-0.1, -0.05) is 80.0 Å². The first-order chi connectivity index (χ1) is 10.8. The SMILES string of the molecule is O=C(COc1c(Cl)c(Cl)c(Cl)c(Cl)c1Cl)Nc1cccc(Br)c1. The van der Waals surface area contributed by atoms with Crippen LogP contribution in [0.25, 0.3) is 0 Å². The summed E-state index contributed by atoms with van der Waals surface area (Å²) in [6.45, 7) is -0.333. The average Bonchev–Trinajstić information content (AvgIpc) is 2.51. The number of halogens is 6. The molecule has 0 heterocycles. The number of ether oxygens (including phenoxy) is 1. The Balaban J connectivity index is 2.11. The fourth-order valence-electron chi connectivity index (χ4n) is 1.61. The molecule has 0 spiro atoms. The number of hydrogen-bond donors (Lipinski definition) is 1. The van der Waals surface area contributed by atoms with Crippen LogP contribution in [0.5, 0.6) is 5.75 Å². The molecule has 1 amide bonds. The fourth-order valence-corrected chi connectivity index (χ4v) is 3.24. The molecule has 0 saturated carbocycles. The summed E-state index contributed by atoms with van der Waals surface area (Å²) in [5.41, 5.74) is 0.609. The molecule has 0 aliphatic carbocycles. The van der Waals surface area contributed by atoms with E-state index in [0.29, 0.717) is 5.69 Å². The second-order valence-electron chi connectivity index (χ2n) is 4.25. The molecule has 1 N–H and O–H groups in total. The lowest BCUT2D eigenvalue weighted by atomic mass is 10.3. The Morgan fingerprint density at radius 2 is 1.57 bits per heavy atom. The van der Waals surface area contributed by atoms with Crippen molar-refractivity contribution in [1.82, 2.24) is 0 Å². The van der Waals surface area contributed by atoms with Crippen LogP contribution in [0.3, 0.4) is 0 Å². The maximum atomic E-state index is 11.9. The van der Waals surface area contributed by atoms with Gasteiger partial charge in [0.15, 0.2) is 12.4 Å². The second-order valence-corrected chi connectivity index (χ2v) is 7.05. The molecular weight excluding hydrogens is 471 g/mol. The highest BCUT2D eigenvalue weighted by Crippen LogP contribution is 2.48. The Morgan fingerprint density at radius 3 is 2.13 bits per heavy atom. The van der Waals surface area contributed by atoms with Crippen molar-refractivity contribution in [3.8, 4) is 5.75 Å². The van der Waals surface area contributed by atoms with E-state index in [-0.39, 0.29) is 37.5 Å². The first kappa shape index (κ1) is 19.0. The number of benzene rings is 2. The van der Waals surface area contributed by atoms with E-state index in [1.165, 1.54) is 0 Å². The van der Waals surface area contributed by atoms with Crippen LogP contribution in [0, 0.1) is 0 Å². The zero-order valence-corrected chi connectivity index (χ0v) is 16.5. The van der Waals surface area contributed by atoms with Gasteiger partial charge in [0, 0.05) is 10.2 Å². The quantitative estimate of drug-likeness (QED) is 0.391. The molecule has 0 unspecified atom stereocenters. The maximum absolute atomic E-state index is 11.9. The number of hydrogen-bond acceptors (Lipinski definition) is 2. The zero-order valence-electron chi connectivity index (χ0n) is 11.1. The minimum atomic E-state index is -0.405. The van der Waals surface area contributed by atoms with Crippen molar-refractivity contribution in [3.63, 3.8) is 0 Å². The van der Waals surface area contributed by atoms with Crippen LogP contribution in [-0.4, -0.2) is 12.5 Å². The van der Waals surface area contributed by atoms with Gasteiger partial charge in [-0.3, -0.25) is 4.79 Å². The fraction of sp³-hybridized carbons (Fsp3) is 0.0714. The van der Waals surface area contributed by atoms with Gasteiger partial charge in [-0.2, -0.15) is 0 Å². The summed E-state index contributed by atoms with van der Waals surface area (Å²) in [6.07, 6.45) is 0. The van der Waals surface area contributed by atoms with Crippen LogP contribution in [-0.2, 0) is 4.79 Å². The summed E-state index contributed by atoms with van der Waals surface area (Å²) in [5, 5.41) is 2.67. The van der Waals surface area contributed by atoms with Gasteiger partial charge < -0.3 is 10.1 Å². The van der Waals surface area contributed by atoms with E-state index in [1.54, 1.807) is 18.2 Å². The van der Waals surface area contributed by atoms with E-state index in [2.05, 4.69) is 21.2 Å². The standard InChI is InChI=1S/C14H7BrCl5NO2/c15-6-2-1-3-7(4-6)21-8(22)5-23-14-12(19)10(17)9(16)11(18)13(14)20/h1-4H,5H2,(H,21,22). The van der Waals surface area contributed by atoms with Gasteiger partial charge in [-0.25, -0.2) is 0 Å². The summed E-state index contributed by atoms with van der Waals surface area (Å²) < 4.78 is 6.17. The third-order valence-corrected chi connectivity index (χ3v) is 5.36. The number of carbonyl (C=O) groups excluding carboxylic acids is 1. The smallest absolute Gasteiger partial charge is 0.262 e. The van der Waals surface area contributed by atoms with Crippen molar-refractivity contribution < 1.29 is 9.53 Å². The molecule has 0 radical (unpaired) electrons. The van der Waals surface area contributed by atoms with Gasteiger partial charge in [-0.05, 0) is 18.2 Å². The Labute approximate surface area is 165 Å². The lowest BCUT2D eigenvalue weighted by molar-refractivity contribution is -0.118. The average molecular weight is 478 g/mol. The number of carbonyl (C=O) groups is 1. The second kappa shape index (κ2) is 8.15. The Hall–Kier alpha value is -0.360. The molecule has 0 saturated heterocycles. The molecule has 0 bridgehead atoms. The van der Waals surface area contributed by atoms with Gasteiger partial charge in [0.2, 0.25) is 0 Å². The Kier molecular flexibility index (Phi) is 6.72. The summed E-state index contributed by atoms with van der Waals surface area (Å²) >= 11 is 33.1. The van der Waals surface area contributed by atoms with Crippen LogP contribution >= 0.6 is 73.9 Å². The minimum absolute atomic E-state index is 0.00266. The molecule has 23 heavy (non-hydrogen) atoms. The van der Waals surface area contributed by atoms with Crippen molar-refractivity contribution in [2.75, 3.05) is 11.9 Å². The van der Waals surface area contributed by atoms with Crippen molar-refractivity contribution in [1.29, 1.82) is 0 Å². The van der Waals surface area contributed by atoms with Crippen LogP contribution in [0.15, 0.2) is 28.7 Å². The third kappa shape index (κ3) is 4.59. The van der Waals surface area contributed by atoms with Crippen LogP contribution < -0.4 is 10.1 Å². The molecular formula is C14H7BrCl5NO2. The monoisotopic (exact) mass is 475 g/mol. The number of rotatable bonds is 4. The molecule has 2 aromatic rings. The predicted molar refractivity (Wildman–Crippen MR) is 99.8 cm³/mol. The largest absolute Gasteiger partial charge is 0.481 e. The van der Waals surface area contributed by atoms with E-state index in [0.717, 1.165) is 4.47 Å².